The van der Waals surface area contributed by atoms with Crippen LogP contribution < -0.4 is 4.90 Å². The number of alkyl halides is 3. The van der Waals surface area contributed by atoms with Gasteiger partial charge in [-0.15, -0.1) is 11.8 Å². The molecule has 0 aromatic heterocycles. The normalized spacial score (nSPS) is 18.3. The van der Waals surface area contributed by atoms with Gasteiger partial charge in [0.2, 0.25) is 5.91 Å². The number of carbonyl (C=O) groups excluding carboxylic acids is 1. The van der Waals surface area contributed by atoms with Gasteiger partial charge in [0.25, 0.3) is 0 Å². The van der Waals surface area contributed by atoms with Gasteiger partial charge in [-0.05, 0) is 30.3 Å². The van der Waals surface area contributed by atoms with Crippen molar-refractivity contribution in [2.24, 2.45) is 0 Å². The summed E-state index contributed by atoms with van der Waals surface area (Å²) in [5.74, 6) is -0.102. The van der Waals surface area contributed by atoms with Crippen molar-refractivity contribution < 1.29 is 18.0 Å². The Morgan fingerprint density at radius 3 is 2.54 bits per heavy atom. The van der Waals surface area contributed by atoms with Crippen molar-refractivity contribution in [3.63, 3.8) is 0 Å². The molecule has 2 aromatic rings. The fraction of sp³-hybridized carbons (Fsp3) is 0.188. The van der Waals surface area contributed by atoms with Crippen molar-refractivity contribution in [3.05, 3.63) is 63.6 Å². The van der Waals surface area contributed by atoms with Gasteiger partial charge in [0.15, 0.2) is 0 Å². The minimum Gasteiger partial charge on any atom is -0.295 e. The van der Waals surface area contributed by atoms with Crippen LogP contribution in [0.2, 0.25) is 10.0 Å². The van der Waals surface area contributed by atoms with Crippen LogP contribution in [0.5, 0.6) is 0 Å². The average Bonchev–Trinajstić information content (AvgIpc) is 2.88. The van der Waals surface area contributed by atoms with Gasteiger partial charge in [0.1, 0.15) is 5.37 Å². The molecule has 8 heteroatoms. The second-order valence-corrected chi connectivity index (χ2v) is 7.05. The Labute approximate surface area is 150 Å². The first-order chi connectivity index (χ1) is 11.3. The van der Waals surface area contributed by atoms with Gasteiger partial charge in [0.05, 0.1) is 11.3 Å². The predicted octanol–water partition coefficient (Wildman–Crippen LogP) is 5.79. The molecule has 24 heavy (non-hydrogen) atoms. The first-order valence-electron chi connectivity index (χ1n) is 6.83. The lowest BCUT2D eigenvalue weighted by Gasteiger charge is -2.25. The number of thioether (sulfide) groups is 1. The number of nitrogens with zero attached hydrogens (tertiary/aromatic N) is 1. The number of amides is 1. The summed E-state index contributed by atoms with van der Waals surface area (Å²) < 4.78 is 38.8. The van der Waals surface area contributed by atoms with Crippen molar-refractivity contribution >= 4 is 46.6 Å². The average molecular weight is 392 g/mol. The Bertz CT molecular complexity index is 797. The highest BCUT2D eigenvalue weighted by molar-refractivity contribution is 8.00. The third kappa shape index (κ3) is 3.36. The highest BCUT2D eigenvalue weighted by atomic mass is 35.5. The first-order valence-corrected chi connectivity index (χ1v) is 8.64. The van der Waals surface area contributed by atoms with Crippen LogP contribution in [0.15, 0.2) is 42.5 Å². The second-order valence-electron chi connectivity index (χ2n) is 5.14. The molecular formula is C16H10Cl2F3NOS. The summed E-state index contributed by atoms with van der Waals surface area (Å²) in [7, 11) is 0. The van der Waals surface area contributed by atoms with Gasteiger partial charge in [-0.1, -0.05) is 35.3 Å². The summed E-state index contributed by atoms with van der Waals surface area (Å²) in [6.45, 7) is 0. The Kier molecular flexibility index (Phi) is 4.73. The summed E-state index contributed by atoms with van der Waals surface area (Å²) >= 11 is 13.4. The third-order valence-electron chi connectivity index (χ3n) is 3.55. The van der Waals surface area contributed by atoms with Gasteiger partial charge in [-0.2, -0.15) is 13.2 Å². The van der Waals surface area contributed by atoms with Crippen LogP contribution in [0.1, 0.15) is 16.5 Å². The lowest BCUT2D eigenvalue weighted by molar-refractivity contribution is -0.137. The molecule has 1 atom stereocenters. The Balaban J connectivity index is 2.03. The Morgan fingerprint density at radius 1 is 1.12 bits per heavy atom. The van der Waals surface area contributed by atoms with Crippen molar-refractivity contribution in [2.75, 3.05) is 10.7 Å². The molecule has 1 aliphatic rings. The number of benzene rings is 2. The van der Waals surface area contributed by atoms with E-state index in [-0.39, 0.29) is 17.3 Å². The molecule has 0 unspecified atom stereocenters. The molecule has 1 fully saturated rings. The minimum absolute atomic E-state index is 0.167. The summed E-state index contributed by atoms with van der Waals surface area (Å²) in [6, 6.07) is 9.58. The van der Waals surface area contributed by atoms with E-state index in [4.69, 9.17) is 23.2 Å². The second kappa shape index (κ2) is 6.50. The smallest absolute Gasteiger partial charge is 0.295 e. The number of hydrogen-bond acceptors (Lipinski definition) is 2. The fourth-order valence-electron chi connectivity index (χ4n) is 2.47. The molecule has 0 aliphatic carbocycles. The van der Waals surface area contributed by atoms with Crippen molar-refractivity contribution in [1.82, 2.24) is 0 Å². The molecule has 0 bridgehead atoms. The predicted molar refractivity (Wildman–Crippen MR) is 90.6 cm³/mol. The minimum atomic E-state index is -4.47. The lowest BCUT2D eigenvalue weighted by atomic mass is 10.1. The monoisotopic (exact) mass is 391 g/mol. The van der Waals surface area contributed by atoms with Crippen LogP contribution in [0, 0.1) is 0 Å². The van der Waals surface area contributed by atoms with E-state index in [0.29, 0.717) is 15.6 Å². The molecular weight excluding hydrogens is 382 g/mol. The van der Waals surface area contributed by atoms with Crippen LogP contribution in [-0.2, 0) is 11.0 Å². The zero-order valence-electron chi connectivity index (χ0n) is 12.0. The van der Waals surface area contributed by atoms with Gasteiger partial charge >= 0.3 is 6.18 Å². The van der Waals surface area contributed by atoms with Gasteiger partial charge < -0.3 is 0 Å². The molecule has 1 heterocycles. The molecule has 0 saturated carbocycles. The Morgan fingerprint density at radius 2 is 1.88 bits per heavy atom. The van der Waals surface area contributed by atoms with Crippen molar-refractivity contribution in [2.45, 2.75) is 11.6 Å². The lowest BCUT2D eigenvalue weighted by Crippen LogP contribution is -2.28. The third-order valence-corrected chi connectivity index (χ3v) is 5.30. The number of halogens is 5. The number of hydrogen-bond donors (Lipinski definition) is 0. The zero-order chi connectivity index (χ0) is 17.5. The molecule has 126 valence electrons. The maximum atomic E-state index is 12.9. The molecule has 2 nitrogen and oxygen atoms in total. The van der Waals surface area contributed by atoms with Crippen LogP contribution in [0.4, 0.5) is 18.9 Å². The molecule has 0 spiro atoms. The maximum absolute atomic E-state index is 12.9. The van der Waals surface area contributed by atoms with Crippen LogP contribution in [0.25, 0.3) is 0 Å². The van der Waals surface area contributed by atoms with E-state index in [1.165, 1.54) is 28.8 Å². The number of rotatable bonds is 2. The largest absolute Gasteiger partial charge is 0.416 e. The van der Waals surface area contributed by atoms with Crippen molar-refractivity contribution in [1.29, 1.82) is 0 Å². The van der Waals surface area contributed by atoms with Crippen LogP contribution >= 0.6 is 35.0 Å². The molecule has 1 amide bonds. The molecule has 2 aromatic carbocycles. The fourth-order valence-corrected chi connectivity index (χ4v) is 4.26. The van der Waals surface area contributed by atoms with E-state index in [1.54, 1.807) is 18.2 Å². The summed E-state index contributed by atoms with van der Waals surface area (Å²) in [5, 5.41) is 0.320. The van der Waals surface area contributed by atoms with E-state index in [9.17, 15) is 18.0 Å². The molecule has 3 rings (SSSR count). The van der Waals surface area contributed by atoms with Crippen molar-refractivity contribution in [3.8, 4) is 0 Å². The molecule has 1 aliphatic heterocycles. The van der Waals surface area contributed by atoms with E-state index in [2.05, 4.69) is 0 Å². The highest BCUT2D eigenvalue weighted by Gasteiger charge is 2.37. The van der Waals surface area contributed by atoms with Gasteiger partial charge in [-0.25, -0.2) is 0 Å². The molecule has 1 saturated heterocycles. The van der Waals surface area contributed by atoms with E-state index in [0.717, 1.165) is 12.1 Å². The quantitative estimate of drug-likeness (QED) is 0.645. The maximum Gasteiger partial charge on any atom is 0.416 e. The Hall–Kier alpha value is -1.37. The first kappa shape index (κ1) is 17.5. The molecule has 0 N–H and O–H groups in total. The molecule has 0 radical (unpaired) electrons. The summed E-state index contributed by atoms with van der Waals surface area (Å²) in [6.07, 6.45) is -4.47. The van der Waals surface area contributed by atoms with E-state index in [1.807, 2.05) is 0 Å². The van der Waals surface area contributed by atoms with Gasteiger partial charge in [-0.3, -0.25) is 9.69 Å². The summed E-state index contributed by atoms with van der Waals surface area (Å²) in [4.78, 5) is 13.6. The standard InChI is InChI=1S/C16H10Cl2F3NOS/c17-10-4-5-12(13(18)7-10)15-22(14(23)8-24-15)11-3-1-2-9(6-11)16(19,20)21/h1-7,15H,8H2/t15-/m0/s1. The van der Waals surface area contributed by atoms with E-state index < -0.39 is 17.1 Å². The zero-order valence-corrected chi connectivity index (χ0v) is 14.3. The topological polar surface area (TPSA) is 20.3 Å². The van der Waals surface area contributed by atoms with Gasteiger partial charge in [0, 0.05) is 21.3 Å². The van der Waals surface area contributed by atoms with Crippen LogP contribution in [-0.4, -0.2) is 11.7 Å². The van der Waals surface area contributed by atoms with Crippen LogP contribution in [0.3, 0.4) is 0 Å². The van der Waals surface area contributed by atoms with E-state index >= 15 is 0 Å². The number of anilines is 1. The number of carbonyl (C=O) groups is 1. The SMILES string of the molecule is O=C1CS[C@@H](c2ccc(Cl)cc2Cl)N1c1cccc(C(F)(F)F)c1. The highest BCUT2D eigenvalue weighted by Crippen LogP contribution is 2.45. The summed E-state index contributed by atoms with van der Waals surface area (Å²) in [5.41, 5.74) is 0.0239.